The SMILES string of the molecule is CCC(C)(C)c1c(C)c(C(C)(C)C)n(C(C)(C)CC)c1C(C)(C)C. The molecule has 0 bridgehead atoms. The van der Waals surface area contributed by atoms with Gasteiger partial charge in [-0.15, -0.1) is 0 Å². The number of hydrogen-bond donors (Lipinski definition) is 0. The first-order valence-electron chi connectivity index (χ1n) is 9.79. The first-order valence-corrected chi connectivity index (χ1v) is 9.79. The van der Waals surface area contributed by atoms with Gasteiger partial charge in [-0.25, -0.2) is 0 Å². The minimum atomic E-state index is 0.123. The van der Waals surface area contributed by atoms with Crippen LogP contribution < -0.4 is 0 Å². The normalized spacial score (nSPS) is 14.4. The van der Waals surface area contributed by atoms with Crippen molar-refractivity contribution in [3.8, 4) is 0 Å². The fourth-order valence-corrected chi connectivity index (χ4v) is 4.06. The van der Waals surface area contributed by atoms with Crippen LogP contribution >= 0.6 is 0 Å². The molecule has 1 heterocycles. The van der Waals surface area contributed by atoms with Gasteiger partial charge in [-0.05, 0) is 50.2 Å². The molecular formula is C23H43N. The maximum Gasteiger partial charge on any atom is 0.0387 e. The highest BCUT2D eigenvalue weighted by atomic mass is 15.1. The van der Waals surface area contributed by atoms with E-state index in [1.165, 1.54) is 11.3 Å². The number of rotatable bonds is 4. The summed E-state index contributed by atoms with van der Waals surface area (Å²) in [4.78, 5) is 0. The van der Waals surface area contributed by atoms with Crippen LogP contribution in [0.4, 0.5) is 0 Å². The predicted molar refractivity (Wildman–Crippen MR) is 109 cm³/mol. The number of nitrogens with zero attached hydrogens (tertiary/aromatic N) is 1. The van der Waals surface area contributed by atoms with Gasteiger partial charge >= 0.3 is 0 Å². The van der Waals surface area contributed by atoms with E-state index in [2.05, 4.69) is 94.6 Å². The Labute approximate surface area is 152 Å². The summed E-state index contributed by atoms with van der Waals surface area (Å²) in [5.74, 6) is 0. The zero-order valence-corrected chi connectivity index (χ0v) is 18.9. The molecule has 0 unspecified atom stereocenters. The van der Waals surface area contributed by atoms with E-state index in [4.69, 9.17) is 0 Å². The van der Waals surface area contributed by atoms with Crippen LogP contribution in [-0.4, -0.2) is 4.57 Å². The second-order valence-corrected chi connectivity index (χ2v) is 10.9. The maximum absolute atomic E-state index is 2.72. The third kappa shape index (κ3) is 3.60. The summed E-state index contributed by atoms with van der Waals surface area (Å²) in [7, 11) is 0. The minimum Gasteiger partial charge on any atom is -0.342 e. The zero-order chi connectivity index (χ0) is 19.3. The summed E-state index contributed by atoms with van der Waals surface area (Å²) in [6.45, 7) is 30.9. The molecule has 1 aromatic rings. The van der Waals surface area contributed by atoms with Gasteiger partial charge in [-0.3, -0.25) is 0 Å². The van der Waals surface area contributed by atoms with Gasteiger partial charge in [0.1, 0.15) is 0 Å². The summed E-state index contributed by atoms with van der Waals surface area (Å²) in [5.41, 5.74) is 6.75. The predicted octanol–water partition coefficient (Wildman–Crippen LogP) is 7.22. The molecule has 0 saturated heterocycles. The lowest BCUT2D eigenvalue weighted by atomic mass is 9.74. The fourth-order valence-electron chi connectivity index (χ4n) is 4.06. The van der Waals surface area contributed by atoms with Gasteiger partial charge in [0.05, 0.1) is 0 Å². The Bertz CT molecular complexity index is 583. The molecule has 0 amide bonds. The van der Waals surface area contributed by atoms with Crippen LogP contribution in [0.25, 0.3) is 0 Å². The van der Waals surface area contributed by atoms with E-state index >= 15 is 0 Å². The van der Waals surface area contributed by atoms with Gasteiger partial charge in [-0.2, -0.15) is 0 Å². The molecule has 1 heteroatoms. The molecule has 140 valence electrons. The van der Waals surface area contributed by atoms with Crippen molar-refractivity contribution in [2.24, 2.45) is 0 Å². The Morgan fingerprint density at radius 3 is 1.38 bits per heavy atom. The largest absolute Gasteiger partial charge is 0.342 e. The summed E-state index contributed by atoms with van der Waals surface area (Å²) in [5, 5.41) is 0. The van der Waals surface area contributed by atoms with E-state index in [0.29, 0.717) is 0 Å². The Balaban J connectivity index is 4.16. The van der Waals surface area contributed by atoms with Crippen LogP contribution in [0, 0.1) is 6.92 Å². The van der Waals surface area contributed by atoms with Crippen molar-refractivity contribution in [3.63, 3.8) is 0 Å². The quantitative estimate of drug-likeness (QED) is 0.548. The molecule has 1 nitrogen and oxygen atoms in total. The van der Waals surface area contributed by atoms with Crippen LogP contribution in [0.5, 0.6) is 0 Å². The first-order chi connectivity index (χ1) is 10.5. The average Bonchev–Trinajstić information content (AvgIpc) is 2.73. The molecular weight excluding hydrogens is 290 g/mol. The van der Waals surface area contributed by atoms with Crippen LogP contribution in [0.15, 0.2) is 0 Å². The lowest BCUT2D eigenvalue weighted by molar-refractivity contribution is 0.290. The van der Waals surface area contributed by atoms with Crippen molar-refractivity contribution in [2.75, 3.05) is 0 Å². The molecule has 0 spiro atoms. The van der Waals surface area contributed by atoms with Gasteiger partial charge in [0.2, 0.25) is 0 Å². The van der Waals surface area contributed by atoms with Crippen molar-refractivity contribution >= 4 is 0 Å². The maximum atomic E-state index is 2.72. The average molecular weight is 334 g/mol. The lowest BCUT2D eigenvalue weighted by Crippen LogP contribution is -2.36. The molecule has 0 fully saturated rings. The molecule has 0 atom stereocenters. The van der Waals surface area contributed by atoms with Gasteiger partial charge in [0, 0.05) is 27.8 Å². The van der Waals surface area contributed by atoms with Gasteiger partial charge < -0.3 is 4.57 Å². The molecule has 0 aliphatic heterocycles. The zero-order valence-electron chi connectivity index (χ0n) is 18.9. The standard InChI is InChI=1S/C23H43N/c1-14-22(10,11)17-16(3)18(20(4,5)6)24(23(12,13)15-2)19(17)21(7,8)9/h14-15H2,1-13H3. The topological polar surface area (TPSA) is 4.93 Å². The summed E-state index contributed by atoms with van der Waals surface area (Å²) >= 11 is 0. The third-order valence-corrected chi connectivity index (χ3v) is 5.87. The molecule has 24 heavy (non-hydrogen) atoms. The molecule has 0 radical (unpaired) electrons. The molecule has 0 aromatic carbocycles. The van der Waals surface area contributed by atoms with Crippen molar-refractivity contribution in [1.29, 1.82) is 0 Å². The van der Waals surface area contributed by atoms with E-state index in [0.717, 1.165) is 12.8 Å². The van der Waals surface area contributed by atoms with Crippen molar-refractivity contribution < 1.29 is 0 Å². The molecule has 0 saturated carbocycles. The highest BCUT2D eigenvalue weighted by Gasteiger charge is 2.40. The molecule has 0 aliphatic carbocycles. The smallest absolute Gasteiger partial charge is 0.0387 e. The second kappa shape index (κ2) is 6.22. The molecule has 0 aliphatic rings. The number of aromatic nitrogens is 1. The van der Waals surface area contributed by atoms with Crippen LogP contribution in [-0.2, 0) is 21.8 Å². The summed E-state index contributed by atoms with van der Waals surface area (Å²) < 4.78 is 2.72. The Hall–Kier alpha value is -0.720. The minimum absolute atomic E-state index is 0.123. The van der Waals surface area contributed by atoms with Crippen LogP contribution in [0.1, 0.15) is 118 Å². The van der Waals surface area contributed by atoms with E-state index < -0.39 is 0 Å². The highest BCUT2D eigenvalue weighted by Crippen LogP contribution is 2.47. The third-order valence-electron chi connectivity index (χ3n) is 5.87. The van der Waals surface area contributed by atoms with Gasteiger partial charge in [-0.1, -0.05) is 69.2 Å². The number of hydrogen-bond acceptors (Lipinski definition) is 0. The molecule has 1 rings (SSSR count). The van der Waals surface area contributed by atoms with E-state index in [9.17, 15) is 0 Å². The van der Waals surface area contributed by atoms with Crippen molar-refractivity contribution in [1.82, 2.24) is 4.57 Å². The molecule has 0 N–H and O–H groups in total. The Morgan fingerprint density at radius 2 is 1.08 bits per heavy atom. The van der Waals surface area contributed by atoms with Gasteiger partial charge in [0.15, 0.2) is 0 Å². The van der Waals surface area contributed by atoms with Crippen LogP contribution in [0.3, 0.4) is 0 Å². The lowest BCUT2D eigenvalue weighted by Gasteiger charge is -2.39. The van der Waals surface area contributed by atoms with E-state index in [-0.39, 0.29) is 21.8 Å². The highest BCUT2D eigenvalue weighted by molar-refractivity contribution is 5.48. The van der Waals surface area contributed by atoms with Gasteiger partial charge in [0.25, 0.3) is 0 Å². The summed E-state index contributed by atoms with van der Waals surface area (Å²) in [6.07, 6.45) is 2.30. The summed E-state index contributed by atoms with van der Waals surface area (Å²) in [6, 6.07) is 0. The van der Waals surface area contributed by atoms with Crippen molar-refractivity contribution in [2.45, 2.75) is 125 Å². The monoisotopic (exact) mass is 333 g/mol. The van der Waals surface area contributed by atoms with E-state index in [1.807, 2.05) is 0 Å². The fraction of sp³-hybridized carbons (Fsp3) is 0.826. The molecule has 1 aromatic heterocycles. The van der Waals surface area contributed by atoms with Crippen LogP contribution in [0.2, 0.25) is 0 Å². The first kappa shape index (κ1) is 21.3. The Morgan fingerprint density at radius 1 is 0.667 bits per heavy atom. The van der Waals surface area contributed by atoms with E-state index in [1.54, 1.807) is 11.3 Å². The van der Waals surface area contributed by atoms with Crippen molar-refractivity contribution in [3.05, 3.63) is 22.5 Å². The second-order valence-electron chi connectivity index (χ2n) is 10.9. The Kier molecular flexibility index (Phi) is 5.52.